The molecule has 1 aromatic carbocycles. The van der Waals surface area contributed by atoms with E-state index < -0.39 is 37.3 Å². The molecule has 0 radical (unpaired) electrons. The molecule has 0 aliphatic rings. The highest BCUT2D eigenvalue weighted by atomic mass is 35.5. The molecule has 0 unspecified atom stereocenters. The van der Waals surface area contributed by atoms with Gasteiger partial charge in [0.15, 0.2) is 9.77 Å². The number of carbonyl (C=O) groups excluding carboxylic acids is 1. The molecule has 0 atom stereocenters. The van der Waals surface area contributed by atoms with Crippen LogP contribution in [0.1, 0.15) is 19.4 Å². The van der Waals surface area contributed by atoms with Crippen molar-refractivity contribution in [1.82, 2.24) is 10.3 Å². The first kappa shape index (κ1) is 24.3. The fourth-order valence-corrected chi connectivity index (χ4v) is 4.68. The summed E-state index contributed by atoms with van der Waals surface area (Å²) in [5.74, 6) is -0.391. The maximum Gasteiger partial charge on any atom is 0.417 e. The van der Waals surface area contributed by atoms with Crippen molar-refractivity contribution in [3.63, 3.8) is 0 Å². The topological polar surface area (TPSA) is 102 Å². The second kappa shape index (κ2) is 9.03. The molecule has 1 amide bonds. The second-order valence-corrected chi connectivity index (χ2v) is 10.7. The zero-order valence-electron chi connectivity index (χ0n) is 16.0. The number of hydrogen-bond donors (Lipinski definition) is 2. The Morgan fingerprint density at radius 2 is 1.90 bits per heavy atom. The average Bonchev–Trinajstić information content (AvgIpc) is 2.65. The number of anilines is 1. The lowest BCUT2D eigenvalue weighted by molar-refractivity contribution is -0.137. The quantitative estimate of drug-likeness (QED) is 0.354. The summed E-state index contributed by atoms with van der Waals surface area (Å²) in [5.41, 5.74) is 5.05. The Hall–Kier alpha value is -1.98. The largest absolute Gasteiger partial charge is 0.417 e. The van der Waals surface area contributed by atoms with E-state index in [4.69, 9.17) is 17.3 Å². The zero-order chi connectivity index (χ0) is 22.7. The number of nitrogens with zero attached hydrogens (tertiary/aromatic N) is 1. The molecule has 0 saturated heterocycles. The maximum atomic E-state index is 12.7. The van der Waals surface area contributed by atoms with Crippen LogP contribution in [0.3, 0.4) is 0 Å². The summed E-state index contributed by atoms with van der Waals surface area (Å²) < 4.78 is 61.5. The number of nitrogens with two attached hydrogens (primary N) is 1. The molecule has 12 heteroatoms. The van der Waals surface area contributed by atoms with E-state index in [0.717, 1.165) is 11.0 Å². The molecule has 164 valence electrons. The van der Waals surface area contributed by atoms with Crippen LogP contribution >= 0.6 is 23.4 Å². The van der Waals surface area contributed by atoms with Crippen molar-refractivity contribution < 1.29 is 26.4 Å². The van der Waals surface area contributed by atoms with Gasteiger partial charge in [-0.05, 0) is 44.2 Å². The Kier molecular flexibility index (Phi) is 7.31. The van der Waals surface area contributed by atoms with Gasteiger partial charge in [0.2, 0.25) is 15.7 Å². The Morgan fingerprint density at radius 1 is 1.23 bits per heavy atom. The zero-order valence-corrected chi connectivity index (χ0v) is 18.3. The van der Waals surface area contributed by atoms with Gasteiger partial charge in [-0.1, -0.05) is 11.6 Å². The molecule has 0 saturated carbocycles. The molecular formula is C18H19ClF3N3O3S2. The molecule has 1 heterocycles. The van der Waals surface area contributed by atoms with E-state index in [1.165, 1.54) is 25.6 Å². The standard InChI is InChI=1S/C18H19ClF3N3O3S2/c1-17(2,30(27,28)15-6-3-11(10-25-15)18(20,21)22)16(26)24-7-8-29-14-5-4-12(23)9-13(14)19/h3-6,9-10H,7-8,23H2,1-2H3,(H,24,26). The number of nitrogens with one attached hydrogen (secondary N) is 1. The van der Waals surface area contributed by atoms with Crippen LogP contribution in [-0.2, 0) is 20.8 Å². The van der Waals surface area contributed by atoms with Crippen LogP contribution in [0.25, 0.3) is 0 Å². The summed E-state index contributed by atoms with van der Waals surface area (Å²) >= 11 is 7.41. The molecule has 1 aromatic heterocycles. The summed E-state index contributed by atoms with van der Waals surface area (Å²) in [6, 6.07) is 6.36. The van der Waals surface area contributed by atoms with Gasteiger partial charge in [0, 0.05) is 29.1 Å². The number of benzene rings is 1. The van der Waals surface area contributed by atoms with E-state index in [-0.39, 0.29) is 6.54 Å². The van der Waals surface area contributed by atoms with Gasteiger partial charge in [-0.2, -0.15) is 13.2 Å². The highest BCUT2D eigenvalue weighted by Crippen LogP contribution is 2.31. The van der Waals surface area contributed by atoms with Gasteiger partial charge in [-0.15, -0.1) is 11.8 Å². The number of hydrogen-bond acceptors (Lipinski definition) is 6. The first-order valence-electron chi connectivity index (χ1n) is 8.51. The van der Waals surface area contributed by atoms with E-state index in [0.29, 0.717) is 28.7 Å². The van der Waals surface area contributed by atoms with Crippen LogP contribution < -0.4 is 11.1 Å². The fourth-order valence-electron chi connectivity index (χ4n) is 2.26. The van der Waals surface area contributed by atoms with Gasteiger partial charge in [0.1, 0.15) is 0 Å². The molecule has 0 fully saturated rings. The smallest absolute Gasteiger partial charge is 0.399 e. The van der Waals surface area contributed by atoms with E-state index in [1.807, 2.05) is 0 Å². The minimum absolute atomic E-state index is 0.142. The molecule has 3 N–H and O–H groups in total. The van der Waals surface area contributed by atoms with Crippen molar-refractivity contribution in [2.75, 3.05) is 18.0 Å². The van der Waals surface area contributed by atoms with Crippen LogP contribution in [0, 0.1) is 0 Å². The predicted octanol–water partition coefficient (Wildman–Crippen LogP) is 3.80. The normalized spacial score (nSPS) is 12.6. The molecule has 0 aliphatic heterocycles. The molecule has 30 heavy (non-hydrogen) atoms. The van der Waals surface area contributed by atoms with E-state index in [9.17, 15) is 26.4 Å². The lowest BCUT2D eigenvalue weighted by Gasteiger charge is -2.23. The van der Waals surface area contributed by atoms with Gasteiger partial charge in [0.25, 0.3) is 0 Å². The van der Waals surface area contributed by atoms with Crippen molar-refractivity contribution in [3.05, 3.63) is 47.1 Å². The number of amides is 1. The number of sulfone groups is 1. The summed E-state index contributed by atoms with van der Waals surface area (Å²) in [4.78, 5) is 16.6. The summed E-state index contributed by atoms with van der Waals surface area (Å²) in [7, 11) is -4.33. The Labute approximate surface area is 181 Å². The van der Waals surface area contributed by atoms with E-state index >= 15 is 0 Å². The lowest BCUT2D eigenvalue weighted by Crippen LogP contribution is -2.48. The van der Waals surface area contributed by atoms with E-state index in [1.54, 1.807) is 18.2 Å². The highest BCUT2D eigenvalue weighted by molar-refractivity contribution is 7.99. The number of alkyl halides is 3. The van der Waals surface area contributed by atoms with Crippen molar-refractivity contribution in [3.8, 4) is 0 Å². The van der Waals surface area contributed by atoms with Gasteiger partial charge >= 0.3 is 6.18 Å². The molecular weight excluding hydrogens is 463 g/mol. The third kappa shape index (κ3) is 5.38. The number of carbonyl (C=O) groups is 1. The van der Waals surface area contributed by atoms with Gasteiger partial charge in [0.05, 0.1) is 10.6 Å². The number of thioether (sulfide) groups is 1. The van der Waals surface area contributed by atoms with Crippen LogP contribution in [0.4, 0.5) is 18.9 Å². The van der Waals surface area contributed by atoms with Crippen LogP contribution in [0.15, 0.2) is 46.5 Å². The van der Waals surface area contributed by atoms with Crippen molar-refractivity contribution in [1.29, 1.82) is 0 Å². The van der Waals surface area contributed by atoms with Gasteiger partial charge in [-0.25, -0.2) is 13.4 Å². The minimum Gasteiger partial charge on any atom is -0.399 e. The molecule has 0 bridgehead atoms. The molecule has 2 aromatic rings. The third-order valence-corrected chi connectivity index (χ3v) is 7.98. The van der Waals surface area contributed by atoms with Gasteiger partial charge < -0.3 is 11.1 Å². The second-order valence-electron chi connectivity index (χ2n) is 6.69. The number of halogens is 4. The van der Waals surface area contributed by atoms with Crippen molar-refractivity contribution in [2.24, 2.45) is 0 Å². The summed E-state index contributed by atoms with van der Waals surface area (Å²) in [6.07, 6.45) is -4.22. The molecule has 0 aliphatic carbocycles. The Balaban J connectivity index is 2.03. The molecule has 6 nitrogen and oxygen atoms in total. The van der Waals surface area contributed by atoms with Crippen molar-refractivity contribution in [2.45, 2.75) is 34.7 Å². The Morgan fingerprint density at radius 3 is 2.43 bits per heavy atom. The first-order valence-corrected chi connectivity index (χ1v) is 11.4. The number of aromatic nitrogens is 1. The number of pyridine rings is 1. The summed E-state index contributed by atoms with van der Waals surface area (Å²) in [6.45, 7) is 2.48. The number of rotatable bonds is 7. The van der Waals surface area contributed by atoms with Crippen molar-refractivity contribution >= 4 is 44.8 Å². The molecule has 2 rings (SSSR count). The van der Waals surface area contributed by atoms with E-state index in [2.05, 4.69) is 10.3 Å². The van der Waals surface area contributed by atoms with Gasteiger partial charge in [-0.3, -0.25) is 4.79 Å². The minimum atomic E-state index is -4.65. The highest BCUT2D eigenvalue weighted by Gasteiger charge is 2.44. The predicted molar refractivity (Wildman–Crippen MR) is 110 cm³/mol. The maximum absolute atomic E-state index is 12.7. The monoisotopic (exact) mass is 481 g/mol. The SMILES string of the molecule is CC(C)(C(=O)NCCSc1ccc(N)cc1Cl)S(=O)(=O)c1ccc(C(F)(F)F)cn1. The van der Waals surface area contributed by atoms with Crippen LogP contribution in [-0.4, -0.2) is 36.4 Å². The number of nitrogen functional groups attached to an aromatic ring is 1. The third-order valence-electron chi connectivity index (χ3n) is 4.16. The molecule has 0 spiro atoms. The van der Waals surface area contributed by atoms with Crippen LogP contribution in [0.2, 0.25) is 5.02 Å². The Bertz CT molecular complexity index is 1030. The average molecular weight is 482 g/mol. The lowest BCUT2D eigenvalue weighted by atomic mass is 10.2. The first-order chi connectivity index (χ1) is 13.8. The fraction of sp³-hybridized carbons (Fsp3) is 0.333. The summed E-state index contributed by atoms with van der Waals surface area (Å²) in [5, 5.41) is 2.37. The van der Waals surface area contributed by atoms with Crippen LogP contribution in [0.5, 0.6) is 0 Å².